The number of hydrogen-bond donors (Lipinski definition) is 2. The molecule has 0 rings (SSSR count). The molecule has 0 atom stereocenters. The van der Waals surface area contributed by atoms with Crippen LogP contribution in [-0.4, -0.2) is 35.2 Å². The smallest absolute Gasteiger partial charge is 0.333 e. The zero-order valence-electron chi connectivity index (χ0n) is 10.7. The normalized spacial score (nSPS) is 10.1. The molecule has 7 heteroatoms. The first kappa shape index (κ1) is 15.2. The van der Waals surface area contributed by atoms with Gasteiger partial charge in [0.15, 0.2) is 0 Å². The van der Waals surface area contributed by atoms with Crippen molar-refractivity contribution in [1.82, 2.24) is 15.7 Å². The van der Waals surface area contributed by atoms with E-state index in [2.05, 4.69) is 15.5 Å². The molecule has 7 nitrogen and oxygen atoms in total. The van der Waals surface area contributed by atoms with Gasteiger partial charge >= 0.3 is 12.1 Å². The Morgan fingerprint density at radius 2 is 1.47 bits per heavy atom. The van der Waals surface area contributed by atoms with Crippen molar-refractivity contribution in [2.75, 3.05) is 0 Å². The monoisotopic (exact) mass is 245 g/mol. The molecule has 0 radical (unpaired) electrons. The Morgan fingerprint density at radius 1 is 1.00 bits per heavy atom. The zero-order valence-corrected chi connectivity index (χ0v) is 10.7. The van der Waals surface area contributed by atoms with E-state index in [1.165, 1.54) is 0 Å². The maximum Gasteiger partial charge on any atom is 0.432 e. The molecule has 0 heterocycles. The van der Waals surface area contributed by atoms with Crippen LogP contribution in [0.25, 0.3) is 0 Å². The molecule has 0 unspecified atom stereocenters. The Morgan fingerprint density at radius 3 is 1.82 bits per heavy atom. The van der Waals surface area contributed by atoms with E-state index < -0.39 is 18.0 Å². The molecular weight excluding hydrogens is 226 g/mol. The number of carbonyl (C=O) groups is 3. The van der Waals surface area contributed by atoms with E-state index in [1.54, 1.807) is 27.7 Å². The Hall–Kier alpha value is -1.79. The first-order valence-corrected chi connectivity index (χ1v) is 5.33. The van der Waals surface area contributed by atoms with E-state index in [9.17, 15) is 14.4 Å². The van der Waals surface area contributed by atoms with Crippen LogP contribution in [0.4, 0.5) is 9.59 Å². The molecule has 2 N–H and O–H groups in total. The molecule has 17 heavy (non-hydrogen) atoms. The average Bonchev–Trinajstić information content (AvgIpc) is 2.10. The summed E-state index contributed by atoms with van der Waals surface area (Å²) in [5, 5.41) is 5.23. The number of hydrogen-bond acceptors (Lipinski definition) is 4. The minimum absolute atomic E-state index is 0.149. The lowest BCUT2D eigenvalue weighted by molar-refractivity contribution is -0.150. The van der Waals surface area contributed by atoms with Crippen molar-refractivity contribution >= 4 is 18.0 Å². The van der Waals surface area contributed by atoms with E-state index in [4.69, 9.17) is 0 Å². The van der Waals surface area contributed by atoms with Gasteiger partial charge in [0, 0.05) is 19.0 Å². The number of imide groups is 1. The number of nitrogens with zero attached hydrogens (tertiary/aromatic N) is 1. The highest BCUT2D eigenvalue weighted by molar-refractivity contribution is 5.93. The van der Waals surface area contributed by atoms with Gasteiger partial charge in [-0.05, 0) is 27.7 Å². The van der Waals surface area contributed by atoms with Crippen LogP contribution < -0.4 is 10.6 Å². The molecule has 0 saturated carbocycles. The molecule has 0 aromatic rings. The predicted octanol–water partition coefficient (Wildman–Crippen LogP) is 1.00. The summed E-state index contributed by atoms with van der Waals surface area (Å²) in [6.07, 6.45) is -0.853. The number of hydroxylamine groups is 2. The SMILES string of the molecule is CC(=O)N(OC(=O)NC(C)C)C(=O)NC(C)C. The van der Waals surface area contributed by atoms with Crippen molar-refractivity contribution in [2.24, 2.45) is 0 Å². The van der Waals surface area contributed by atoms with Crippen molar-refractivity contribution < 1.29 is 19.2 Å². The molecule has 0 saturated heterocycles. The lowest BCUT2D eigenvalue weighted by atomic mass is 10.4. The number of rotatable bonds is 2. The summed E-state index contributed by atoms with van der Waals surface area (Å²) in [4.78, 5) is 38.5. The van der Waals surface area contributed by atoms with E-state index >= 15 is 0 Å². The van der Waals surface area contributed by atoms with E-state index in [1.807, 2.05) is 0 Å². The van der Waals surface area contributed by atoms with Crippen LogP contribution in [0.3, 0.4) is 0 Å². The minimum atomic E-state index is -0.853. The largest absolute Gasteiger partial charge is 0.432 e. The molecule has 98 valence electrons. The number of urea groups is 1. The third kappa shape index (κ3) is 6.39. The number of carbonyl (C=O) groups excluding carboxylic acids is 3. The molecule has 0 aromatic carbocycles. The van der Waals surface area contributed by atoms with Crippen molar-refractivity contribution in [2.45, 2.75) is 46.7 Å². The Balaban J connectivity index is 4.49. The Kier molecular flexibility index (Phi) is 6.01. The van der Waals surface area contributed by atoms with Crippen molar-refractivity contribution in [3.8, 4) is 0 Å². The fraction of sp³-hybridized carbons (Fsp3) is 0.700. The fourth-order valence-electron chi connectivity index (χ4n) is 0.899. The van der Waals surface area contributed by atoms with Gasteiger partial charge in [0.05, 0.1) is 0 Å². The summed E-state index contributed by atoms with van der Waals surface area (Å²) in [5.74, 6) is -0.679. The predicted molar refractivity (Wildman–Crippen MR) is 60.9 cm³/mol. The van der Waals surface area contributed by atoms with Gasteiger partial charge in [0.25, 0.3) is 5.91 Å². The first-order valence-electron chi connectivity index (χ1n) is 5.33. The summed E-state index contributed by atoms with van der Waals surface area (Å²) in [6.45, 7) is 8.04. The van der Waals surface area contributed by atoms with Crippen LogP contribution in [0, 0.1) is 0 Å². The number of amides is 4. The van der Waals surface area contributed by atoms with Gasteiger partial charge < -0.3 is 15.5 Å². The van der Waals surface area contributed by atoms with Gasteiger partial charge in [-0.2, -0.15) is 0 Å². The van der Waals surface area contributed by atoms with Gasteiger partial charge in [0.2, 0.25) is 0 Å². The third-order valence-corrected chi connectivity index (χ3v) is 1.46. The first-order chi connectivity index (χ1) is 7.73. The highest BCUT2D eigenvalue weighted by atomic mass is 16.7. The molecule has 0 bridgehead atoms. The fourth-order valence-corrected chi connectivity index (χ4v) is 0.899. The van der Waals surface area contributed by atoms with Crippen LogP contribution in [-0.2, 0) is 9.63 Å². The summed E-state index contributed by atoms with van der Waals surface area (Å²) < 4.78 is 0. The molecule has 0 aliphatic rings. The highest BCUT2D eigenvalue weighted by Gasteiger charge is 2.23. The molecule has 0 aromatic heterocycles. The Labute approximate surface area is 100 Å². The maximum absolute atomic E-state index is 11.5. The van der Waals surface area contributed by atoms with Gasteiger partial charge in [-0.1, -0.05) is 5.06 Å². The van der Waals surface area contributed by atoms with Crippen molar-refractivity contribution in [3.05, 3.63) is 0 Å². The molecule has 0 aliphatic heterocycles. The average molecular weight is 245 g/mol. The Bertz CT molecular complexity index is 302. The van der Waals surface area contributed by atoms with Crippen LogP contribution in [0.1, 0.15) is 34.6 Å². The lowest BCUT2D eigenvalue weighted by Crippen LogP contribution is -2.48. The van der Waals surface area contributed by atoms with Gasteiger partial charge in [-0.3, -0.25) is 4.79 Å². The second-order valence-electron chi connectivity index (χ2n) is 4.10. The summed E-state index contributed by atoms with van der Waals surface area (Å²) in [5.41, 5.74) is 0. The van der Waals surface area contributed by atoms with E-state index in [0.29, 0.717) is 5.06 Å². The molecule has 0 fully saturated rings. The zero-order chi connectivity index (χ0) is 13.6. The minimum Gasteiger partial charge on any atom is -0.333 e. The molecule has 0 aliphatic carbocycles. The van der Waals surface area contributed by atoms with E-state index in [-0.39, 0.29) is 12.1 Å². The van der Waals surface area contributed by atoms with Gasteiger partial charge in [-0.25, -0.2) is 9.59 Å². The van der Waals surface area contributed by atoms with E-state index in [0.717, 1.165) is 6.92 Å². The standard InChI is InChI=1S/C10H19N3O4/c1-6(2)11-9(15)13(8(5)14)17-10(16)12-7(3)4/h6-7H,1-5H3,(H,11,15)(H,12,16). The highest BCUT2D eigenvalue weighted by Crippen LogP contribution is 1.96. The van der Waals surface area contributed by atoms with Crippen molar-refractivity contribution in [1.29, 1.82) is 0 Å². The number of nitrogens with one attached hydrogen (secondary N) is 2. The molecule has 0 spiro atoms. The second-order valence-corrected chi connectivity index (χ2v) is 4.10. The summed E-state index contributed by atoms with van der Waals surface area (Å²) in [7, 11) is 0. The van der Waals surface area contributed by atoms with Crippen molar-refractivity contribution in [3.63, 3.8) is 0 Å². The topological polar surface area (TPSA) is 87.7 Å². The summed E-state index contributed by atoms with van der Waals surface area (Å²) in [6, 6.07) is -1.09. The van der Waals surface area contributed by atoms with Gasteiger partial charge in [0.1, 0.15) is 0 Å². The van der Waals surface area contributed by atoms with Crippen LogP contribution in [0.5, 0.6) is 0 Å². The lowest BCUT2D eigenvalue weighted by Gasteiger charge is -2.20. The molecular formula is C10H19N3O4. The van der Waals surface area contributed by atoms with Crippen LogP contribution in [0.2, 0.25) is 0 Å². The quantitative estimate of drug-likeness (QED) is 0.710. The second kappa shape index (κ2) is 6.72. The third-order valence-electron chi connectivity index (χ3n) is 1.46. The molecule has 4 amide bonds. The van der Waals surface area contributed by atoms with Crippen LogP contribution in [0.15, 0.2) is 0 Å². The summed E-state index contributed by atoms with van der Waals surface area (Å²) >= 11 is 0. The maximum atomic E-state index is 11.5. The van der Waals surface area contributed by atoms with Gasteiger partial charge in [-0.15, -0.1) is 0 Å². The van der Waals surface area contributed by atoms with Crippen LogP contribution >= 0.6 is 0 Å².